The predicted octanol–water partition coefficient (Wildman–Crippen LogP) is 0.282. The van der Waals surface area contributed by atoms with Crippen LogP contribution in [-0.4, -0.2) is 35.7 Å². The van der Waals surface area contributed by atoms with Gasteiger partial charge in [0.25, 0.3) is 0 Å². The van der Waals surface area contributed by atoms with Gasteiger partial charge in [0, 0.05) is 12.5 Å². The second kappa shape index (κ2) is 4.56. The number of sulfone groups is 1. The Kier molecular flexibility index (Phi) is 3.58. The molecule has 1 heterocycles. The maximum atomic E-state index is 11.0. The molecule has 0 aromatic carbocycles. The van der Waals surface area contributed by atoms with E-state index in [1.165, 1.54) is 0 Å². The summed E-state index contributed by atoms with van der Waals surface area (Å²) in [5, 5.41) is 8.82. The van der Waals surface area contributed by atoms with Gasteiger partial charge in [-0.2, -0.15) is 0 Å². The van der Waals surface area contributed by atoms with E-state index in [0.29, 0.717) is 12.1 Å². The molecule has 0 radical (unpaired) electrons. The van der Waals surface area contributed by atoms with Crippen LogP contribution in [0.2, 0.25) is 0 Å². The van der Waals surface area contributed by atoms with Crippen molar-refractivity contribution in [2.45, 2.75) is 19.1 Å². The fraction of sp³-hybridized carbons (Fsp3) is 0.444. The average Bonchev–Trinajstić information content (AvgIpc) is 2.14. The fourth-order valence-electron chi connectivity index (χ4n) is 1.21. The van der Waals surface area contributed by atoms with Crippen LogP contribution in [0, 0.1) is 0 Å². The predicted molar refractivity (Wildman–Crippen MR) is 56.9 cm³/mol. The zero-order valence-corrected chi connectivity index (χ0v) is 9.78. The summed E-state index contributed by atoms with van der Waals surface area (Å²) in [5.41, 5.74) is 0.362. The molecule has 0 aliphatic carbocycles. The van der Waals surface area contributed by atoms with E-state index in [1.54, 1.807) is 6.92 Å². The van der Waals surface area contributed by atoms with Gasteiger partial charge in [0.2, 0.25) is 0 Å². The maximum absolute atomic E-state index is 11.0. The first kappa shape index (κ1) is 12.6. The van der Waals surface area contributed by atoms with E-state index < -0.39 is 15.8 Å². The molecule has 0 amide bonds. The van der Waals surface area contributed by atoms with Crippen molar-refractivity contribution in [1.29, 1.82) is 0 Å². The van der Waals surface area contributed by atoms with E-state index in [9.17, 15) is 13.2 Å². The molecule has 0 unspecified atom stereocenters. The lowest BCUT2D eigenvalue weighted by Gasteiger charge is -2.04. The average molecular weight is 244 g/mol. The van der Waals surface area contributed by atoms with E-state index >= 15 is 0 Å². The number of aromatic carboxylic acids is 1. The first-order valence-corrected chi connectivity index (χ1v) is 6.65. The Labute approximate surface area is 93.3 Å². The Bertz CT molecular complexity index is 510. The van der Waals surface area contributed by atoms with Crippen LogP contribution < -0.4 is 0 Å². The largest absolute Gasteiger partial charge is 0.478 e. The van der Waals surface area contributed by atoms with E-state index in [2.05, 4.69) is 9.97 Å². The molecular weight excluding hydrogens is 232 g/mol. The minimum atomic E-state index is -3.21. The van der Waals surface area contributed by atoms with Crippen LogP contribution in [0.4, 0.5) is 0 Å². The SMILES string of the molecule is CCc1nc(CS(C)(=O)=O)ncc1C(=O)O. The van der Waals surface area contributed by atoms with Crippen molar-refractivity contribution in [3.63, 3.8) is 0 Å². The van der Waals surface area contributed by atoms with Gasteiger partial charge in [-0.25, -0.2) is 23.2 Å². The topological polar surface area (TPSA) is 97.2 Å². The van der Waals surface area contributed by atoms with Crippen LogP contribution in [0.1, 0.15) is 28.8 Å². The second-order valence-corrected chi connectivity index (χ2v) is 5.52. The molecule has 6 nitrogen and oxygen atoms in total. The van der Waals surface area contributed by atoms with Crippen LogP contribution in [-0.2, 0) is 22.0 Å². The van der Waals surface area contributed by atoms with Gasteiger partial charge in [-0.05, 0) is 6.42 Å². The van der Waals surface area contributed by atoms with Crippen LogP contribution in [0.25, 0.3) is 0 Å². The van der Waals surface area contributed by atoms with Crippen LogP contribution >= 0.6 is 0 Å². The number of carbonyl (C=O) groups is 1. The Morgan fingerprint density at radius 3 is 2.56 bits per heavy atom. The Hall–Kier alpha value is -1.50. The Balaban J connectivity index is 3.14. The molecule has 1 aromatic heterocycles. The number of nitrogens with zero attached hydrogens (tertiary/aromatic N) is 2. The summed E-state index contributed by atoms with van der Waals surface area (Å²) >= 11 is 0. The number of hydrogen-bond donors (Lipinski definition) is 1. The summed E-state index contributed by atoms with van der Waals surface area (Å²) in [7, 11) is -3.21. The molecule has 0 bridgehead atoms. The first-order chi connectivity index (χ1) is 7.33. The summed E-state index contributed by atoms with van der Waals surface area (Å²) < 4.78 is 22.0. The molecule has 0 atom stereocenters. The van der Waals surface area contributed by atoms with E-state index in [0.717, 1.165) is 12.5 Å². The van der Waals surface area contributed by atoms with Gasteiger partial charge in [-0.3, -0.25) is 0 Å². The third-order valence-corrected chi connectivity index (χ3v) is 2.66. The van der Waals surface area contributed by atoms with Crippen LogP contribution in [0.3, 0.4) is 0 Å². The normalized spacial score (nSPS) is 11.4. The zero-order valence-electron chi connectivity index (χ0n) is 8.97. The fourth-order valence-corrected chi connectivity index (χ4v) is 1.82. The molecule has 7 heteroatoms. The van der Waals surface area contributed by atoms with Crippen molar-refractivity contribution < 1.29 is 18.3 Å². The third kappa shape index (κ3) is 3.27. The monoisotopic (exact) mass is 244 g/mol. The van der Waals surface area contributed by atoms with Gasteiger partial charge in [-0.15, -0.1) is 0 Å². The number of carboxylic acids is 1. The standard InChI is InChI=1S/C9H12N2O4S/c1-3-7-6(9(12)13)4-10-8(11-7)5-16(2,14)15/h4H,3,5H2,1-2H3,(H,12,13). The number of carboxylic acid groups (broad SMARTS) is 1. The summed E-state index contributed by atoms with van der Waals surface area (Å²) in [6, 6.07) is 0. The van der Waals surface area contributed by atoms with Crippen LogP contribution in [0.15, 0.2) is 6.20 Å². The molecule has 0 fully saturated rings. The molecule has 0 aliphatic heterocycles. The minimum absolute atomic E-state index is 0.0137. The number of aromatic nitrogens is 2. The van der Waals surface area contributed by atoms with Crippen molar-refractivity contribution in [3.8, 4) is 0 Å². The van der Waals surface area contributed by atoms with Crippen molar-refractivity contribution in [3.05, 3.63) is 23.3 Å². The number of rotatable bonds is 4. The summed E-state index contributed by atoms with van der Waals surface area (Å²) in [6.45, 7) is 1.75. The first-order valence-electron chi connectivity index (χ1n) is 4.59. The summed E-state index contributed by atoms with van der Waals surface area (Å²) in [6.07, 6.45) is 2.64. The number of hydrogen-bond acceptors (Lipinski definition) is 5. The molecule has 0 saturated heterocycles. The zero-order chi connectivity index (χ0) is 12.3. The lowest BCUT2D eigenvalue weighted by atomic mass is 10.2. The second-order valence-electron chi connectivity index (χ2n) is 3.38. The van der Waals surface area contributed by atoms with Crippen molar-refractivity contribution in [2.75, 3.05) is 6.26 Å². The van der Waals surface area contributed by atoms with E-state index in [1.807, 2.05) is 0 Å². The summed E-state index contributed by atoms with van der Waals surface area (Å²) in [5.74, 6) is -1.26. The molecule has 0 spiro atoms. The highest BCUT2D eigenvalue weighted by Crippen LogP contribution is 2.08. The smallest absolute Gasteiger partial charge is 0.339 e. The van der Waals surface area contributed by atoms with Crippen LogP contribution in [0.5, 0.6) is 0 Å². The molecule has 0 saturated carbocycles. The molecule has 1 aromatic rings. The Morgan fingerprint density at radius 1 is 1.50 bits per heavy atom. The molecular formula is C9H12N2O4S. The van der Waals surface area contributed by atoms with Gasteiger partial charge >= 0.3 is 5.97 Å². The minimum Gasteiger partial charge on any atom is -0.478 e. The van der Waals surface area contributed by atoms with Crippen molar-refractivity contribution in [2.24, 2.45) is 0 Å². The molecule has 0 aliphatic rings. The molecule has 1 N–H and O–H groups in total. The van der Waals surface area contributed by atoms with Gasteiger partial charge in [0.05, 0.1) is 11.3 Å². The van der Waals surface area contributed by atoms with E-state index in [4.69, 9.17) is 5.11 Å². The quantitative estimate of drug-likeness (QED) is 0.817. The highest BCUT2D eigenvalue weighted by atomic mass is 32.2. The molecule has 16 heavy (non-hydrogen) atoms. The number of aryl methyl sites for hydroxylation is 1. The lowest BCUT2D eigenvalue weighted by molar-refractivity contribution is 0.0694. The summed E-state index contributed by atoms with van der Waals surface area (Å²) in [4.78, 5) is 18.4. The third-order valence-electron chi connectivity index (χ3n) is 1.87. The highest BCUT2D eigenvalue weighted by molar-refractivity contribution is 7.89. The van der Waals surface area contributed by atoms with Gasteiger partial charge in [-0.1, -0.05) is 6.92 Å². The van der Waals surface area contributed by atoms with Gasteiger partial charge in [0.1, 0.15) is 11.6 Å². The molecule has 1 rings (SSSR count). The molecule has 88 valence electrons. The maximum Gasteiger partial charge on any atom is 0.339 e. The van der Waals surface area contributed by atoms with Crippen molar-refractivity contribution in [1.82, 2.24) is 9.97 Å². The lowest BCUT2D eigenvalue weighted by Crippen LogP contribution is -2.11. The highest BCUT2D eigenvalue weighted by Gasteiger charge is 2.14. The Morgan fingerprint density at radius 2 is 2.12 bits per heavy atom. The van der Waals surface area contributed by atoms with Crippen molar-refractivity contribution >= 4 is 15.8 Å². The van der Waals surface area contributed by atoms with Gasteiger partial charge in [0.15, 0.2) is 9.84 Å². The van der Waals surface area contributed by atoms with Gasteiger partial charge < -0.3 is 5.11 Å². The van der Waals surface area contributed by atoms with E-state index in [-0.39, 0.29) is 17.1 Å².